The van der Waals surface area contributed by atoms with Crippen LogP contribution in [0.4, 0.5) is 0 Å². The highest BCUT2D eigenvalue weighted by Gasteiger charge is 2.05. The smallest absolute Gasteiger partial charge is 0.149 e. The molecule has 0 bridgehead atoms. The Bertz CT molecular complexity index is 192. The summed E-state index contributed by atoms with van der Waals surface area (Å²) in [6, 6.07) is 0. The summed E-state index contributed by atoms with van der Waals surface area (Å²) in [7, 11) is 0. The molecule has 0 aliphatic carbocycles. The number of rotatable bonds is 10. The van der Waals surface area contributed by atoms with Crippen molar-refractivity contribution in [3.05, 3.63) is 24.7 Å². The van der Waals surface area contributed by atoms with Gasteiger partial charge in [-0.3, -0.25) is 0 Å². The lowest BCUT2D eigenvalue weighted by Gasteiger charge is -2.19. The fourth-order valence-corrected chi connectivity index (χ4v) is 1.23. The second kappa shape index (κ2) is 11.5. The predicted octanol–water partition coefficient (Wildman–Crippen LogP) is 3.93. The molecule has 1 N–H and O–H groups in total. The minimum absolute atomic E-state index is 0.0438. The van der Waals surface area contributed by atoms with Gasteiger partial charge in [-0.05, 0) is 38.8 Å². The van der Waals surface area contributed by atoms with Crippen molar-refractivity contribution in [2.45, 2.75) is 65.8 Å². The highest BCUT2D eigenvalue weighted by atomic mass is 16.5. The molecule has 100 valence electrons. The molecule has 0 aromatic heterocycles. The summed E-state index contributed by atoms with van der Waals surface area (Å²) in [5.74, 6) is 0. The van der Waals surface area contributed by atoms with Crippen LogP contribution in [0.2, 0.25) is 0 Å². The molecular formula is C14H27NO2. The molecule has 0 fully saturated rings. The molecule has 0 radical (unpaired) electrons. The number of ether oxygens (including phenoxy) is 2. The maximum absolute atomic E-state index is 5.45. The highest BCUT2D eigenvalue weighted by Crippen LogP contribution is 1.96. The molecule has 2 atom stereocenters. The lowest BCUT2D eigenvalue weighted by atomic mass is 10.3. The van der Waals surface area contributed by atoms with Crippen LogP contribution >= 0.6 is 0 Å². The van der Waals surface area contributed by atoms with Gasteiger partial charge in [0.2, 0.25) is 0 Å². The van der Waals surface area contributed by atoms with E-state index >= 15 is 0 Å². The van der Waals surface area contributed by atoms with Gasteiger partial charge < -0.3 is 9.47 Å². The lowest BCUT2D eigenvalue weighted by Crippen LogP contribution is -2.36. The molecule has 3 heteroatoms. The van der Waals surface area contributed by atoms with Crippen LogP contribution in [0.1, 0.15) is 53.4 Å². The largest absolute Gasteiger partial charge is 0.483 e. The van der Waals surface area contributed by atoms with E-state index in [2.05, 4.69) is 19.2 Å². The van der Waals surface area contributed by atoms with E-state index in [0.29, 0.717) is 0 Å². The van der Waals surface area contributed by atoms with Crippen LogP contribution in [-0.4, -0.2) is 12.5 Å². The molecule has 0 spiro atoms. The van der Waals surface area contributed by atoms with Crippen LogP contribution in [0.3, 0.4) is 0 Å². The van der Waals surface area contributed by atoms with E-state index < -0.39 is 0 Å². The topological polar surface area (TPSA) is 30.5 Å². The van der Waals surface area contributed by atoms with Crippen molar-refractivity contribution < 1.29 is 9.47 Å². The molecule has 0 aliphatic rings. The van der Waals surface area contributed by atoms with Crippen molar-refractivity contribution >= 4 is 0 Å². The number of unbranched alkanes of at least 4 members (excludes halogenated alkanes) is 2. The fraction of sp³-hybridized carbons (Fsp3) is 0.714. The minimum Gasteiger partial charge on any atom is -0.483 e. The Hall–Kier alpha value is -0.960. The summed E-state index contributed by atoms with van der Waals surface area (Å²) in [5.41, 5.74) is 0. The second-order valence-corrected chi connectivity index (χ2v) is 4.04. The number of hydrogen-bond donors (Lipinski definition) is 1. The van der Waals surface area contributed by atoms with E-state index in [1.54, 1.807) is 12.5 Å². The Balaban J connectivity index is 3.61. The van der Waals surface area contributed by atoms with E-state index in [9.17, 15) is 0 Å². The van der Waals surface area contributed by atoms with Crippen LogP contribution in [0.15, 0.2) is 24.7 Å². The Labute approximate surface area is 106 Å². The van der Waals surface area contributed by atoms with E-state index in [4.69, 9.17) is 9.47 Å². The monoisotopic (exact) mass is 241 g/mol. The van der Waals surface area contributed by atoms with Gasteiger partial charge in [-0.2, -0.15) is 0 Å². The molecule has 0 aromatic rings. The van der Waals surface area contributed by atoms with Crippen molar-refractivity contribution in [2.75, 3.05) is 0 Å². The van der Waals surface area contributed by atoms with Crippen LogP contribution in [-0.2, 0) is 9.47 Å². The Morgan fingerprint density at radius 1 is 0.882 bits per heavy atom. The summed E-state index contributed by atoms with van der Waals surface area (Å²) in [4.78, 5) is 0. The van der Waals surface area contributed by atoms with Gasteiger partial charge in [0.1, 0.15) is 12.5 Å². The third-order valence-corrected chi connectivity index (χ3v) is 2.14. The molecule has 0 saturated heterocycles. The van der Waals surface area contributed by atoms with Crippen LogP contribution in [0, 0.1) is 0 Å². The quantitative estimate of drug-likeness (QED) is 0.464. The molecule has 2 unspecified atom stereocenters. The number of nitrogens with one attached hydrogen (secondary N) is 1. The normalized spacial score (nSPS) is 15.3. The van der Waals surface area contributed by atoms with Crippen molar-refractivity contribution in [3.8, 4) is 0 Å². The van der Waals surface area contributed by atoms with Crippen LogP contribution < -0.4 is 5.32 Å². The van der Waals surface area contributed by atoms with Gasteiger partial charge in [0, 0.05) is 0 Å². The lowest BCUT2D eigenvalue weighted by molar-refractivity contribution is 0.0413. The zero-order chi connectivity index (χ0) is 12.9. The SMILES string of the molecule is CCC/C=C/OC(C)NC(C)O/C=C/CCC. The second-order valence-electron chi connectivity index (χ2n) is 4.04. The minimum atomic E-state index is -0.0438. The molecule has 0 heterocycles. The van der Waals surface area contributed by atoms with E-state index in [-0.39, 0.29) is 12.5 Å². The number of hydrogen-bond acceptors (Lipinski definition) is 3. The zero-order valence-electron chi connectivity index (χ0n) is 11.6. The number of allylic oxidation sites excluding steroid dienone is 2. The summed E-state index contributed by atoms with van der Waals surface area (Å²) >= 11 is 0. The van der Waals surface area contributed by atoms with Gasteiger partial charge in [0.05, 0.1) is 12.5 Å². The molecule has 0 rings (SSSR count). The molecule has 3 nitrogen and oxygen atoms in total. The summed E-state index contributed by atoms with van der Waals surface area (Å²) in [6.45, 7) is 8.22. The molecule has 0 aromatic carbocycles. The van der Waals surface area contributed by atoms with Crippen LogP contribution in [0.25, 0.3) is 0 Å². The van der Waals surface area contributed by atoms with Gasteiger partial charge >= 0.3 is 0 Å². The standard InChI is InChI=1S/C14H27NO2/c1-5-7-9-11-16-13(3)15-14(4)17-12-10-8-6-2/h9-15H,5-8H2,1-4H3/b11-9+,12-10+. The average Bonchev–Trinajstić information content (AvgIpc) is 2.30. The third-order valence-electron chi connectivity index (χ3n) is 2.14. The van der Waals surface area contributed by atoms with E-state index in [1.807, 2.05) is 26.0 Å². The first kappa shape index (κ1) is 16.0. The summed E-state index contributed by atoms with van der Waals surface area (Å²) in [5, 5.41) is 3.19. The van der Waals surface area contributed by atoms with Gasteiger partial charge in [-0.25, -0.2) is 5.32 Å². The van der Waals surface area contributed by atoms with Crippen molar-refractivity contribution in [1.82, 2.24) is 5.32 Å². The van der Waals surface area contributed by atoms with Gasteiger partial charge in [-0.15, -0.1) is 0 Å². The summed E-state index contributed by atoms with van der Waals surface area (Å²) < 4.78 is 10.9. The molecule has 0 aliphatic heterocycles. The van der Waals surface area contributed by atoms with Crippen molar-refractivity contribution in [1.29, 1.82) is 0 Å². The third kappa shape index (κ3) is 11.3. The van der Waals surface area contributed by atoms with E-state index in [1.165, 1.54) is 0 Å². The first-order valence-electron chi connectivity index (χ1n) is 6.57. The molecule has 17 heavy (non-hydrogen) atoms. The Morgan fingerprint density at radius 3 is 1.65 bits per heavy atom. The Morgan fingerprint density at radius 2 is 1.29 bits per heavy atom. The van der Waals surface area contributed by atoms with Crippen LogP contribution in [0.5, 0.6) is 0 Å². The van der Waals surface area contributed by atoms with Gasteiger partial charge in [0.15, 0.2) is 0 Å². The van der Waals surface area contributed by atoms with Crippen molar-refractivity contribution in [3.63, 3.8) is 0 Å². The molecule has 0 amide bonds. The van der Waals surface area contributed by atoms with Gasteiger partial charge in [-0.1, -0.05) is 26.7 Å². The maximum atomic E-state index is 5.45. The van der Waals surface area contributed by atoms with E-state index in [0.717, 1.165) is 25.7 Å². The zero-order valence-corrected chi connectivity index (χ0v) is 11.6. The average molecular weight is 241 g/mol. The van der Waals surface area contributed by atoms with Crippen molar-refractivity contribution in [2.24, 2.45) is 0 Å². The first-order chi connectivity index (χ1) is 8.20. The highest BCUT2D eigenvalue weighted by molar-refractivity contribution is 4.75. The maximum Gasteiger partial charge on any atom is 0.149 e. The first-order valence-corrected chi connectivity index (χ1v) is 6.57. The molecular weight excluding hydrogens is 214 g/mol. The van der Waals surface area contributed by atoms with Gasteiger partial charge in [0.25, 0.3) is 0 Å². The summed E-state index contributed by atoms with van der Waals surface area (Å²) in [6.07, 6.45) is 11.9. The molecule has 0 saturated carbocycles. The fourth-order valence-electron chi connectivity index (χ4n) is 1.23. The predicted molar refractivity (Wildman–Crippen MR) is 72.3 cm³/mol. The Kier molecular flexibility index (Phi) is 10.9.